The fraction of sp³-hybridized carbons (Fsp3) is 0.286. The Hall–Kier alpha value is -2.10. The minimum absolute atomic E-state index is 0.0336. The number of hydrogen-bond donors (Lipinski definition) is 0. The molecule has 0 aliphatic carbocycles. The van der Waals surface area contributed by atoms with Crippen LogP contribution in [0.25, 0.3) is 0 Å². The number of para-hydroxylation sites is 1. The van der Waals surface area contributed by atoms with Crippen molar-refractivity contribution in [3.63, 3.8) is 0 Å². The van der Waals surface area contributed by atoms with Crippen molar-refractivity contribution in [3.8, 4) is 5.75 Å². The van der Waals surface area contributed by atoms with Crippen molar-refractivity contribution in [3.05, 3.63) is 47.3 Å². The maximum absolute atomic E-state index is 12.5. The minimum Gasteiger partial charge on any atom is -0.493 e. The van der Waals surface area contributed by atoms with Crippen molar-refractivity contribution in [2.75, 3.05) is 6.61 Å². The Morgan fingerprint density at radius 3 is 3.06 bits per heavy atom. The zero-order valence-corrected chi connectivity index (χ0v) is 10.2. The first-order valence-corrected chi connectivity index (χ1v) is 6.05. The second-order valence-corrected chi connectivity index (χ2v) is 4.42. The molecule has 1 aromatic carbocycles. The number of rotatable bonds is 2. The largest absolute Gasteiger partial charge is 0.493 e. The number of benzene rings is 1. The van der Waals surface area contributed by atoms with Gasteiger partial charge in [0.15, 0.2) is 0 Å². The van der Waals surface area contributed by atoms with Crippen LogP contribution in [0, 0.1) is 0 Å². The third-order valence-corrected chi connectivity index (χ3v) is 3.23. The number of ether oxygens (including phenoxy) is 1. The van der Waals surface area contributed by atoms with Crippen molar-refractivity contribution in [1.29, 1.82) is 0 Å². The van der Waals surface area contributed by atoms with E-state index in [1.54, 1.807) is 24.0 Å². The van der Waals surface area contributed by atoms with Gasteiger partial charge in [0.05, 0.1) is 12.2 Å². The van der Waals surface area contributed by atoms with E-state index in [0.29, 0.717) is 17.9 Å². The topological polar surface area (TPSA) is 44.1 Å². The number of ketones is 1. The van der Waals surface area contributed by atoms with Crippen molar-refractivity contribution in [1.82, 2.24) is 9.78 Å². The highest BCUT2D eigenvalue weighted by Crippen LogP contribution is 2.30. The van der Waals surface area contributed by atoms with Crippen molar-refractivity contribution in [2.24, 2.45) is 7.05 Å². The summed E-state index contributed by atoms with van der Waals surface area (Å²) in [5.74, 6) is 0.712. The molecule has 2 aromatic rings. The first kappa shape index (κ1) is 11.0. The molecule has 2 heterocycles. The average Bonchev–Trinajstić information content (AvgIpc) is 2.83. The van der Waals surface area contributed by atoms with Crippen LogP contribution in [0.3, 0.4) is 0 Å². The van der Waals surface area contributed by atoms with Gasteiger partial charge in [-0.1, -0.05) is 12.1 Å². The molecule has 0 atom stereocenters. The van der Waals surface area contributed by atoms with Crippen molar-refractivity contribution < 1.29 is 9.53 Å². The monoisotopic (exact) mass is 242 g/mol. The molecule has 0 saturated heterocycles. The molecule has 0 amide bonds. The van der Waals surface area contributed by atoms with Gasteiger partial charge in [0.2, 0.25) is 5.78 Å². The summed E-state index contributed by atoms with van der Waals surface area (Å²) in [5.41, 5.74) is 2.34. The average molecular weight is 242 g/mol. The highest BCUT2D eigenvalue weighted by molar-refractivity contribution is 6.09. The Bertz CT molecular complexity index is 602. The number of nitrogens with zero attached hydrogens (tertiary/aromatic N) is 2. The van der Waals surface area contributed by atoms with Gasteiger partial charge >= 0.3 is 0 Å². The van der Waals surface area contributed by atoms with Crippen LogP contribution in [0.15, 0.2) is 30.5 Å². The number of aromatic nitrogens is 2. The molecule has 18 heavy (non-hydrogen) atoms. The molecule has 0 bridgehead atoms. The maximum Gasteiger partial charge on any atom is 0.214 e. The van der Waals surface area contributed by atoms with Gasteiger partial charge in [0.25, 0.3) is 0 Å². The van der Waals surface area contributed by atoms with E-state index in [1.807, 2.05) is 18.2 Å². The van der Waals surface area contributed by atoms with Crippen LogP contribution in [-0.2, 0) is 13.5 Å². The zero-order chi connectivity index (χ0) is 12.5. The Morgan fingerprint density at radius 1 is 1.39 bits per heavy atom. The molecule has 0 radical (unpaired) electrons. The lowest BCUT2D eigenvalue weighted by Gasteiger charge is -2.19. The van der Waals surface area contributed by atoms with Crippen LogP contribution >= 0.6 is 0 Å². The molecule has 0 fully saturated rings. The Morgan fingerprint density at radius 2 is 2.28 bits per heavy atom. The van der Waals surface area contributed by atoms with Gasteiger partial charge < -0.3 is 4.74 Å². The van der Waals surface area contributed by atoms with Gasteiger partial charge in [-0.3, -0.25) is 9.48 Å². The fourth-order valence-electron chi connectivity index (χ4n) is 2.30. The van der Waals surface area contributed by atoms with Crippen molar-refractivity contribution >= 4 is 5.78 Å². The number of carbonyl (C=O) groups is 1. The number of hydrogen-bond acceptors (Lipinski definition) is 3. The van der Waals surface area contributed by atoms with E-state index in [1.165, 1.54) is 0 Å². The van der Waals surface area contributed by atoms with E-state index < -0.39 is 0 Å². The SMILES string of the molecule is Cn1nccc1C(=O)c1cccc2c1OCCC2. The smallest absolute Gasteiger partial charge is 0.214 e. The summed E-state index contributed by atoms with van der Waals surface area (Å²) in [6.45, 7) is 0.683. The second kappa shape index (κ2) is 4.29. The summed E-state index contributed by atoms with van der Waals surface area (Å²) in [4.78, 5) is 12.5. The molecule has 1 aliphatic rings. The van der Waals surface area contributed by atoms with Crippen LogP contribution in [0.2, 0.25) is 0 Å². The Balaban J connectivity index is 2.07. The molecule has 1 aliphatic heterocycles. The quantitative estimate of drug-likeness (QED) is 0.756. The number of fused-ring (bicyclic) bond motifs is 1. The Kier molecular flexibility index (Phi) is 2.63. The molecule has 3 rings (SSSR count). The van der Waals surface area contributed by atoms with Gasteiger partial charge in [-0.05, 0) is 30.5 Å². The fourth-order valence-corrected chi connectivity index (χ4v) is 2.30. The number of aryl methyl sites for hydroxylation is 2. The summed E-state index contributed by atoms with van der Waals surface area (Å²) in [7, 11) is 1.77. The van der Waals surface area contributed by atoms with Gasteiger partial charge in [0.1, 0.15) is 11.4 Å². The van der Waals surface area contributed by atoms with Gasteiger partial charge in [-0.15, -0.1) is 0 Å². The van der Waals surface area contributed by atoms with Crippen LogP contribution in [0.4, 0.5) is 0 Å². The van der Waals surface area contributed by atoms with E-state index in [4.69, 9.17) is 4.74 Å². The van der Waals surface area contributed by atoms with E-state index in [2.05, 4.69) is 5.10 Å². The van der Waals surface area contributed by atoms with Gasteiger partial charge in [-0.25, -0.2) is 0 Å². The molecule has 4 nitrogen and oxygen atoms in total. The molecule has 0 spiro atoms. The predicted molar refractivity (Wildman–Crippen MR) is 66.9 cm³/mol. The molecular formula is C14H14N2O2. The standard InChI is InChI=1S/C14H14N2O2/c1-16-12(7-8-15-16)13(17)11-6-2-4-10-5-3-9-18-14(10)11/h2,4,6-8H,3,5,9H2,1H3. The highest BCUT2D eigenvalue weighted by Gasteiger charge is 2.21. The van der Waals surface area contributed by atoms with E-state index in [-0.39, 0.29) is 5.78 Å². The van der Waals surface area contributed by atoms with Crippen LogP contribution in [0.1, 0.15) is 28.0 Å². The summed E-state index contributed by atoms with van der Waals surface area (Å²) in [6, 6.07) is 7.48. The highest BCUT2D eigenvalue weighted by atomic mass is 16.5. The first-order valence-electron chi connectivity index (χ1n) is 6.05. The molecule has 0 saturated carbocycles. The number of carbonyl (C=O) groups excluding carboxylic acids is 1. The van der Waals surface area contributed by atoms with E-state index >= 15 is 0 Å². The molecule has 1 aromatic heterocycles. The predicted octanol–water partition coefficient (Wildman–Crippen LogP) is 1.98. The molecule has 0 unspecified atom stereocenters. The normalized spacial score (nSPS) is 13.8. The lowest BCUT2D eigenvalue weighted by molar-refractivity contribution is 0.102. The lowest BCUT2D eigenvalue weighted by atomic mass is 9.99. The molecule has 4 heteroatoms. The molecule has 0 N–H and O–H groups in total. The molecule has 92 valence electrons. The lowest BCUT2D eigenvalue weighted by Crippen LogP contribution is -2.15. The van der Waals surface area contributed by atoms with Gasteiger partial charge in [-0.2, -0.15) is 5.10 Å². The third-order valence-electron chi connectivity index (χ3n) is 3.23. The van der Waals surface area contributed by atoms with Crippen molar-refractivity contribution in [2.45, 2.75) is 12.8 Å². The zero-order valence-electron chi connectivity index (χ0n) is 10.2. The van der Waals surface area contributed by atoms with Crippen LogP contribution in [0.5, 0.6) is 5.75 Å². The second-order valence-electron chi connectivity index (χ2n) is 4.42. The summed E-state index contributed by atoms with van der Waals surface area (Å²) in [6.07, 6.45) is 3.61. The summed E-state index contributed by atoms with van der Waals surface area (Å²) < 4.78 is 7.25. The molecular weight excluding hydrogens is 228 g/mol. The minimum atomic E-state index is -0.0336. The summed E-state index contributed by atoms with van der Waals surface area (Å²) in [5, 5.41) is 4.03. The third kappa shape index (κ3) is 1.70. The summed E-state index contributed by atoms with van der Waals surface area (Å²) >= 11 is 0. The Labute approximate surface area is 105 Å². The van der Waals surface area contributed by atoms with Crippen LogP contribution in [-0.4, -0.2) is 22.2 Å². The van der Waals surface area contributed by atoms with E-state index in [0.717, 1.165) is 24.2 Å². The van der Waals surface area contributed by atoms with E-state index in [9.17, 15) is 4.79 Å². The van der Waals surface area contributed by atoms with Crippen LogP contribution < -0.4 is 4.74 Å². The van der Waals surface area contributed by atoms with Gasteiger partial charge in [0, 0.05) is 13.2 Å². The maximum atomic E-state index is 12.5. The first-order chi connectivity index (χ1) is 8.77.